The van der Waals surface area contributed by atoms with E-state index in [9.17, 15) is 0 Å². The van der Waals surface area contributed by atoms with Crippen molar-refractivity contribution in [3.05, 3.63) is 41.6 Å². The quantitative estimate of drug-likeness (QED) is 0.781. The molecule has 0 radical (unpaired) electrons. The molecule has 0 aliphatic rings. The Morgan fingerprint density at radius 1 is 1.13 bits per heavy atom. The van der Waals surface area contributed by atoms with Crippen molar-refractivity contribution < 1.29 is 4.74 Å². The lowest BCUT2D eigenvalue weighted by Crippen LogP contribution is -1.94. The highest BCUT2D eigenvalue weighted by Gasteiger charge is 2.08. The number of methoxy groups -OCH3 is 1. The molecule has 1 aromatic carbocycles. The number of halogens is 1. The highest BCUT2D eigenvalue weighted by atomic mass is 35.5. The summed E-state index contributed by atoms with van der Waals surface area (Å²) in [5, 5.41) is 7.95. The standard InChI is InChI=1S/C11H9ClN2O/c1-15-11-9(7-10(12)13-14-11)8-5-3-2-4-6-8/h2-7H,1H3. The van der Waals surface area contributed by atoms with Crippen LogP contribution in [-0.2, 0) is 0 Å². The lowest BCUT2D eigenvalue weighted by Gasteiger charge is -2.06. The summed E-state index contributed by atoms with van der Waals surface area (Å²) >= 11 is 5.79. The largest absolute Gasteiger partial charge is 0.479 e. The van der Waals surface area contributed by atoms with Gasteiger partial charge in [-0.05, 0) is 11.6 Å². The van der Waals surface area contributed by atoms with Gasteiger partial charge in [0.2, 0.25) is 5.88 Å². The molecule has 0 aliphatic carbocycles. The van der Waals surface area contributed by atoms with Gasteiger partial charge >= 0.3 is 0 Å². The molecule has 2 aromatic rings. The molecule has 0 aliphatic heterocycles. The van der Waals surface area contributed by atoms with Crippen LogP contribution in [0.15, 0.2) is 36.4 Å². The molecule has 0 bridgehead atoms. The van der Waals surface area contributed by atoms with Gasteiger partial charge in [0.15, 0.2) is 5.15 Å². The highest BCUT2D eigenvalue weighted by molar-refractivity contribution is 6.29. The molecule has 15 heavy (non-hydrogen) atoms. The third kappa shape index (κ3) is 2.07. The van der Waals surface area contributed by atoms with Crippen molar-refractivity contribution in [2.24, 2.45) is 0 Å². The van der Waals surface area contributed by atoms with Crippen LogP contribution in [0.2, 0.25) is 5.15 Å². The van der Waals surface area contributed by atoms with Crippen LogP contribution in [0.1, 0.15) is 0 Å². The van der Waals surface area contributed by atoms with Crippen LogP contribution in [0.3, 0.4) is 0 Å². The first kappa shape index (κ1) is 9.93. The van der Waals surface area contributed by atoms with Gasteiger partial charge in [-0.3, -0.25) is 0 Å². The van der Waals surface area contributed by atoms with E-state index in [1.807, 2.05) is 30.3 Å². The Kier molecular flexibility index (Phi) is 2.83. The Morgan fingerprint density at radius 3 is 2.53 bits per heavy atom. The number of nitrogens with zero attached hydrogens (tertiary/aromatic N) is 2. The second-order valence-electron chi connectivity index (χ2n) is 2.96. The minimum absolute atomic E-state index is 0.356. The average molecular weight is 221 g/mol. The van der Waals surface area contributed by atoms with Crippen LogP contribution >= 0.6 is 11.6 Å². The number of benzene rings is 1. The molecule has 0 saturated heterocycles. The molecule has 0 N–H and O–H groups in total. The van der Waals surface area contributed by atoms with E-state index in [-0.39, 0.29) is 0 Å². The first-order chi connectivity index (χ1) is 7.31. The van der Waals surface area contributed by atoms with Gasteiger partial charge in [-0.15, -0.1) is 10.2 Å². The van der Waals surface area contributed by atoms with Crippen LogP contribution < -0.4 is 4.74 Å². The molecule has 3 nitrogen and oxygen atoms in total. The van der Waals surface area contributed by atoms with Crippen molar-refractivity contribution in [1.29, 1.82) is 0 Å². The molecule has 1 aromatic heterocycles. The number of ether oxygens (including phenoxy) is 1. The van der Waals surface area contributed by atoms with E-state index >= 15 is 0 Å². The SMILES string of the molecule is COc1nnc(Cl)cc1-c1ccccc1. The van der Waals surface area contributed by atoms with Crippen molar-refractivity contribution in [3.8, 4) is 17.0 Å². The van der Waals surface area contributed by atoms with E-state index in [2.05, 4.69) is 10.2 Å². The molecule has 2 rings (SSSR count). The Balaban J connectivity index is 2.56. The van der Waals surface area contributed by atoms with Gasteiger partial charge < -0.3 is 4.74 Å². The second kappa shape index (κ2) is 4.28. The van der Waals surface area contributed by atoms with Crippen molar-refractivity contribution in [2.45, 2.75) is 0 Å². The molecule has 0 fully saturated rings. The summed E-state index contributed by atoms with van der Waals surface area (Å²) in [6.07, 6.45) is 0. The smallest absolute Gasteiger partial charge is 0.241 e. The Bertz CT molecular complexity index is 459. The molecule has 76 valence electrons. The van der Waals surface area contributed by atoms with Crippen LogP contribution in [-0.4, -0.2) is 17.3 Å². The number of hydrogen-bond donors (Lipinski definition) is 0. The first-order valence-corrected chi connectivity index (χ1v) is 4.81. The maximum atomic E-state index is 5.79. The maximum Gasteiger partial charge on any atom is 0.241 e. The predicted molar refractivity (Wildman–Crippen MR) is 59.0 cm³/mol. The zero-order valence-electron chi connectivity index (χ0n) is 8.14. The Hall–Kier alpha value is -1.61. The topological polar surface area (TPSA) is 35.0 Å². The molecule has 4 heteroatoms. The van der Waals surface area contributed by atoms with Gasteiger partial charge in [0.1, 0.15) is 0 Å². The normalized spacial score (nSPS) is 10.0. The van der Waals surface area contributed by atoms with Gasteiger partial charge in [0, 0.05) is 5.56 Å². The zero-order valence-corrected chi connectivity index (χ0v) is 8.90. The summed E-state index contributed by atoms with van der Waals surface area (Å²) in [6, 6.07) is 11.5. The predicted octanol–water partition coefficient (Wildman–Crippen LogP) is 2.81. The van der Waals surface area contributed by atoms with E-state index in [0.29, 0.717) is 11.0 Å². The Morgan fingerprint density at radius 2 is 1.87 bits per heavy atom. The second-order valence-corrected chi connectivity index (χ2v) is 3.34. The van der Waals surface area contributed by atoms with Crippen molar-refractivity contribution in [3.63, 3.8) is 0 Å². The minimum atomic E-state index is 0.356. The molecule has 0 saturated carbocycles. The van der Waals surface area contributed by atoms with E-state index in [0.717, 1.165) is 11.1 Å². The van der Waals surface area contributed by atoms with Crippen LogP contribution in [0.25, 0.3) is 11.1 Å². The molecule has 0 unspecified atom stereocenters. The fourth-order valence-corrected chi connectivity index (χ4v) is 1.48. The number of rotatable bonds is 2. The first-order valence-electron chi connectivity index (χ1n) is 4.44. The van der Waals surface area contributed by atoms with Crippen LogP contribution in [0.5, 0.6) is 5.88 Å². The summed E-state index contributed by atoms with van der Waals surface area (Å²) in [5.74, 6) is 0.477. The number of aromatic nitrogens is 2. The summed E-state index contributed by atoms with van der Waals surface area (Å²) < 4.78 is 5.12. The third-order valence-corrected chi connectivity index (χ3v) is 2.19. The zero-order chi connectivity index (χ0) is 10.7. The molecule has 1 heterocycles. The molecule has 0 atom stereocenters. The van der Waals surface area contributed by atoms with Crippen molar-refractivity contribution in [1.82, 2.24) is 10.2 Å². The average Bonchev–Trinajstić information content (AvgIpc) is 2.30. The van der Waals surface area contributed by atoms with Crippen LogP contribution in [0.4, 0.5) is 0 Å². The highest BCUT2D eigenvalue weighted by Crippen LogP contribution is 2.28. The summed E-state index contributed by atoms with van der Waals surface area (Å²) in [6.45, 7) is 0. The summed E-state index contributed by atoms with van der Waals surface area (Å²) in [5.41, 5.74) is 1.85. The molecule has 0 spiro atoms. The number of hydrogen-bond acceptors (Lipinski definition) is 3. The van der Waals surface area contributed by atoms with Gasteiger partial charge in [-0.1, -0.05) is 41.9 Å². The Labute approximate surface area is 92.7 Å². The summed E-state index contributed by atoms with van der Waals surface area (Å²) in [4.78, 5) is 0. The maximum absolute atomic E-state index is 5.79. The van der Waals surface area contributed by atoms with E-state index < -0.39 is 0 Å². The lowest BCUT2D eigenvalue weighted by molar-refractivity contribution is 0.394. The fourth-order valence-electron chi connectivity index (χ4n) is 1.33. The van der Waals surface area contributed by atoms with E-state index in [1.54, 1.807) is 13.2 Å². The van der Waals surface area contributed by atoms with E-state index in [1.165, 1.54) is 0 Å². The molecule has 0 amide bonds. The summed E-state index contributed by atoms with van der Waals surface area (Å²) in [7, 11) is 1.56. The van der Waals surface area contributed by atoms with E-state index in [4.69, 9.17) is 16.3 Å². The van der Waals surface area contributed by atoms with Crippen molar-refractivity contribution >= 4 is 11.6 Å². The molecular weight excluding hydrogens is 212 g/mol. The lowest BCUT2D eigenvalue weighted by atomic mass is 10.1. The van der Waals surface area contributed by atoms with Crippen molar-refractivity contribution in [2.75, 3.05) is 7.11 Å². The third-order valence-electron chi connectivity index (χ3n) is 2.01. The van der Waals surface area contributed by atoms with Gasteiger partial charge in [0.05, 0.1) is 7.11 Å². The fraction of sp³-hybridized carbons (Fsp3) is 0.0909. The van der Waals surface area contributed by atoms with Crippen LogP contribution in [0, 0.1) is 0 Å². The van der Waals surface area contributed by atoms with Gasteiger partial charge in [0.25, 0.3) is 0 Å². The molecular formula is C11H9ClN2O. The van der Waals surface area contributed by atoms with Gasteiger partial charge in [-0.25, -0.2) is 0 Å². The monoisotopic (exact) mass is 220 g/mol. The van der Waals surface area contributed by atoms with Gasteiger partial charge in [-0.2, -0.15) is 0 Å². The minimum Gasteiger partial charge on any atom is -0.479 e.